The number of aromatic nitrogens is 6. The third kappa shape index (κ3) is 2.61. The summed E-state index contributed by atoms with van der Waals surface area (Å²) >= 11 is 0. The van der Waals surface area contributed by atoms with E-state index in [9.17, 15) is 4.79 Å². The number of aromatic amines is 1. The van der Waals surface area contributed by atoms with Crippen molar-refractivity contribution < 1.29 is 0 Å². The van der Waals surface area contributed by atoms with E-state index in [1.807, 2.05) is 32.0 Å². The number of hydrogen-bond acceptors (Lipinski definition) is 4. The third-order valence-electron chi connectivity index (χ3n) is 4.40. The topological polar surface area (TPSA) is 80.9 Å². The van der Waals surface area contributed by atoms with Gasteiger partial charge in [0, 0.05) is 19.4 Å². The molecule has 0 aliphatic heterocycles. The summed E-state index contributed by atoms with van der Waals surface area (Å²) in [4.78, 5) is 24.9. The standard InChI is InChI=1S/C18H20N6O/c1-3-13-19-15-16(20-13)24-18(23(4-2)17(15)25)21-14(22-24)11-10-12-8-6-5-7-9-12/h5-9H,3-4,10-11H2,1-2H3,(H,19,20). The summed E-state index contributed by atoms with van der Waals surface area (Å²) in [5.74, 6) is 2.06. The Morgan fingerprint density at radius 3 is 2.60 bits per heavy atom. The zero-order valence-electron chi connectivity index (χ0n) is 14.4. The van der Waals surface area contributed by atoms with Crippen molar-refractivity contribution in [1.82, 2.24) is 29.1 Å². The Balaban J connectivity index is 1.82. The van der Waals surface area contributed by atoms with Gasteiger partial charge in [-0.1, -0.05) is 37.3 Å². The fraction of sp³-hybridized carbons (Fsp3) is 0.333. The second-order valence-electron chi connectivity index (χ2n) is 6.01. The van der Waals surface area contributed by atoms with Crippen LogP contribution in [0.3, 0.4) is 0 Å². The first-order valence-corrected chi connectivity index (χ1v) is 8.62. The molecule has 0 saturated heterocycles. The molecule has 0 amide bonds. The van der Waals surface area contributed by atoms with Crippen LogP contribution in [-0.4, -0.2) is 29.1 Å². The van der Waals surface area contributed by atoms with E-state index in [2.05, 4.69) is 32.2 Å². The highest BCUT2D eigenvalue weighted by Crippen LogP contribution is 2.12. The Bertz CT molecular complexity index is 1090. The molecule has 0 saturated carbocycles. The lowest BCUT2D eigenvalue weighted by Crippen LogP contribution is -2.22. The van der Waals surface area contributed by atoms with E-state index < -0.39 is 0 Å². The molecule has 3 heterocycles. The molecular formula is C18H20N6O. The molecule has 0 spiro atoms. The Labute approximate surface area is 144 Å². The van der Waals surface area contributed by atoms with E-state index >= 15 is 0 Å². The van der Waals surface area contributed by atoms with Crippen LogP contribution in [-0.2, 0) is 25.8 Å². The zero-order chi connectivity index (χ0) is 17.4. The van der Waals surface area contributed by atoms with E-state index in [1.165, 1.54) is 5.56 Å². The average Bonchev–Trinajstić information content (AvgIpc) is 3.25. The van der Waals surface area contributed by atoms with Crippen LogP contribution in [0.5, 0.6) is 0 Å². The van der Waals surface area contributed by atoms with Gasteiger partial charge in [0.25, 0.3) is 5.56 Å². The molecule has 7 nitrogen and oxygen atoms in total. The van der Waals surface area contributed by atoms with Crippen molar-refractivity contribution in [3.05, 3.63) is 57.9 Å². The highest BCUT2D eigenvalue weighted by molar-refractivity contribution is 5.72. The Morgan fingerprint density at radius 2 is 1.88 bits per heavy atom. The largest absolute Gasteiger partial charge is 0.336 e. The first-order chi connectivity index (χ1) is 12.2. The maximum Gasteiger partial charge on any atom is 0.281 e. The minimum absolute atomic E-state index is 0.0980. The molecule has 0 atom stereocenters. The molecular weight excluding hydrogens is 316 g/mol. The van der Waals surface area contributed by atoms with Gasteiger partial charge in [-0.25, -0.2) is 4.98 Å². The number of nitrogens with one attached hydrogen (secondary N) is 1. The maximum atomic E-state index is 12.7. The molecule has 0 fully saturated rings. The van der Waals surface area contributed by atoms with Crippen molar-refractivity contribution in [2.75, 3.05) is 0 Å². The molecule has 1 N–H and O–H groups in total. The van der Waals surface area contributed by atoms with Crippen LogP contribution in [0.1, 0.15) is 31.1 Å². The van der Waals surface area contributed by atoms with Gasteiger partial charge >= 0.3 is 0 Å². The Morgan fingerprint density at radius 1 is 1.08 bits per heavy atom. The lowest BCUT2D eigenvalue weighted by molar-refractivity contribution is 0.727. The second-order valence-corrected chi connectivity index (χ2v) is 6.01. The van der Waals surface area contributed by atoms with Gasteiger partial charge < -0.3 is 4.98 Å². The van der Waals surface area contributed by atoms with Gasteiger partial charge in [0.2, 0.25) is 5.78 Å². The SMILES string of the molecule is CCc1nc2c([nH]1)c(=O)n(CC)c1nc(CCc3ccccc3)nn21. The smallest absolute Gasteiger partial charge is 0.281 e. The summed E-state index contributed by atoms with van der Waals surface area (Å²) in [6, 6.07) is 10.3. The summed E-state index contributed by atoms with van der Waals surface area (Å²) < 4.78 is 3.33. The first-order valence-electron chi connectivity index (χ1n) is 8.62. The molecule has 3 aromatic heterocycles. The number of aryl methyl sites for hydroxylation is 4. The molecule has 7 heteroatoms. The molecule has 25 heavy (non-hydrogen) atoms. The number of benzene rings is 1. The van der Waals surface area contributed by atoms with E-state index in [0.717, 1.165) is 30.9 Å². The summed E-state index contributed by atoms with van der Waals surface area (Å²) in [5, 5.41) is 4.62. The lowest BCUT2D eigenvalue weighted by atomic mass is 10.1. The van der Waals surface area contributed by atoms with Crippen LogP contribution in [0.4, 0.5) is 0 Å². The predicted molar refractivity (Wildman–Crippen MR) is 95.8 cm³/mol. The summed E-state index contributed by atoms with van der Waals surface area (Å²) in [6.45, 7) is 4.47. The van der Waals surface area contributed by atoms with E-state index in [0.29, 0.717) is 23.5 Å². The fourth-order valence-electron chi connectivity index (χ4n) is 3.06. The maximum absolute atomic E-state index is 12.7. The summed E-state index contributed by atoms with van der Waals surface area (Å²) in [6.07, 6.45) is 2.31. The second kappa shape index (κ2) is 6.16. The number of fused-ring (bicyclic) bond motifs is 3. The van der Waals surface area contributed by atoms with Gasteiger partial charge in [0.05, 0.1) is 0 Å². The average molecular weight is 336 g/mol. The molecule has 1 aromatic carbocycles. The minimum Gasteiger partial charge on any atom is -0.336 e. The number of rotatable bonds is 5. The number of nitrogens with zero attached hydrogens (tertiary/aromatic N) is 5. The third-order valence-corrected chi connectivity index (χ3v) is 4.40. The molecule has 0 radical (unpaired) electrons. The van der Waals surface area contributed by atoms with Gasteiger partial charge in [-0.3, -0.25) is 9.36 Å². The van der Waals surface area contributed by atoms with Crippen molar-refractivity contribution >= 4 is 16.9 Å². The number of hydrogen-bond donors (Lipinski definition) is 1. The van der Waals surface area contributed by atoms with Crippen LogP contribution in [0, 0.1) is 0 Å². The zero-order valence-corrected chi connectivity index (χ0v) is 14.4. The van der Waals surface area contributed by atoms with Gasteiger partial charge in [-0.05, 0) is 18.9 Å². The van der Waals surface area contributed by atoms with Crippen LogP contribution >= 0.6 is 0 Å². The predicted octanol–water partition coefficient (Wildman–Crippen LogP) is 2.13. The molecule has 0 aliphatic rings. The molecule has 4 rings (SSSR count). The highest BCUT2D eigenvalue weighted by atomic mass is 16.1. The number of H-pyrrole nitrogens is 1. The van der Waals surface area contributed by atoms with Crippen molar-refractivity contribution in [1.29, 1.82) is 0 Å². The van der Waals surface area contributed by atoms with Gasteiger partial charge in [-0.2, -0.15) is 9.50 Å². The fourth-order valence-corrected chi connectivity index (χ4v) is 3.06. The molecule has 0 aliphatic carbocycles. The summed E-state index contributed by atoms with van der Waals surface area (Å²) in [5.41, 5.74) is 2.19. The Kier molecular flexibility index (Phi) is 3.83. The van der Waals surface area contributed by atoms with Gasteiger partial charge in [0.1, 0.15) is 5.82 Å². The van der Waals surface area contributed by atoms with E-state index in [4.69, 9.17) is 0 Å². The molecule has 0 bridgehead atoms. The van der Waals surface area contributed by atoms with E-state index in [-0.39, 0.29) is 5.56 Å². The number of imidazole rings is 1. The van der Waals surface area contributed by atoms with Crippen molar-refractivity contribution in [3.63, 3.8) is 0 Å². The molecule has 4 aromatic rings. The highest BCUT2D eigenvalue weighted by Gasteiger charge is 2.17. The normalized spacial score (nSPS) is 11.6. The van der Waals surface area contributed by atoms with Crippen LogP contribution < -0.4 is 5.56 Å². The lowest BCUT2D eigenvalue weighted by Gasteiger charge is -2.02. The molecule has 128 valence electrons. The van der Waals surface area contributed by atoms with Crippen LogP contribution in [0.15, 0.2) is 35.1 Å². The van der Waals surface area contributed by atoms with E-state index in [1.54, 1.807) is 9.08 Å². The van der Waals surface area contributed by atoms with Crippen molar-refractivity contribution in [3.8, 4) is 0 Å². The van der Waals surface area contributed by atoms with Crippen LogP contribution in [0.25, 0.3) is 16.9 Å². The minimum atomic E-state index is -0.0980. The summed E-state index contributed by atoms with van der Waals surface area (Å²) in [7, 11) is 0. The monoisotopic (exact) mass is 336 g/mol. The van der Waals surface area contributed by atoms with Gasteiger partial charge in [-0.15, -0.1) is 5.10 Å². The van der Waals surface area contributed by atoms with Crippen molar-refractivity contribution in [2.24, 2.45) is 0 Å². The van der Waals surface area contributed by atoms with Crippen LogP contribution in [0.2, 0.25) is 0 Å². The Hall–Kier alpha value is -2.96. The molecule has 0 unspecified atom stereocenters. The quantitative estimate of drug-likeness (QED) is 0.605. The van der Waals surface area contributed by atoms with Crippen molar-refractivity contribution in [2.45, 2.75) is 39.7 Å². The first kappa shape index (κ1) is 15.6. The van der Waals surface area contributed by atoms with Gasteiger partial charge in [0.15, 0.2) is 17.0 Å².